The molecule has 1 rings (SSSR count). The lowest BCUT2D eigenvalue weighted by Gasteiger charge is -2.07. The van der Waals surface area contributed by atoms with E-state index < -0.39 is 10.0 Å². The molecule has 7 heteroatoms. The number of hydrogen-bond donors (Lipinski definition) is 2. The second kappa shape index (κ2) is 5.40. The molecule has 0 radical (unpaired) electrons. The highest BCUT2D eigenvalue weighted by Crippen LogP contribution is 2.25. The second-order valence-corrected chi connectivity index (χ2v) is 7.87. The number of thiophene rings is 1. The summed E-state index contributed by atoms with van der Waals surface area (Å²) in [5.74, 6) is 0. The summed E-state index contributed by atoms with van der Waals surface area (Å²) in [7, 11) is 0.654. The van der Waals surface area contributed by atoms with Crippen molar-refractivity contribution in [3.63, 3.8) is 0 Å². The van der Waals surface area contributed by atoms with E-state index in [1.54, 1.807) is 12.1 Å². The molecule has 0 amide bonds. The zero-order valence-electron chi connectivity index (χ0n) is 8.58. The second-order valence-electron chi connectivity index (χ2n) is 3.41. The average Bonchev–Trinajstić information content (AvgIpc) is 2.51. The van der Waals surface area contributed by atoms with Gasteiger partial charge in [-0.3, -0.25) is 0 Å². The van der Waals surface area contributed by atoms with Gasteiger partial charge in [0.05, 0.1) is 31.0 Å². The molecule has 0 unspecified atom stereocenters. The topological polar surface area (TPSA) is 50.6 Å². The molecule has 0 bridgehead atoms. The van der Waals surface area contributed by atoms with Gasteiger partial charge in [0.25, 0.3) is 0 Å². The Hall–Kier alpha value is 0.0500. The predicted molar refractivity (Wildman–Crippen MR) is 64.9 cm³/mol. The fourth-order valence-corrected chi connectivity index (χ4v) is 4.03. The molecule has 0 aliphatic heterocycles. The van der Waals surface area contributed by atoms with Gasteiger partial charge in [0.1, 0.15) is 4.21 Å². The van der Waals surface area contributed by atoms with Crippen LogP contribution in [0.3, 0.4) is 0 Å². The third-order valence-corrected chi connectivity index (χ3v) is 5.31. The molecule has 1 aromatic heterocycles. The fourth-order valence-electron chi connectivity index (χ4n) is 0.949. The van der Waals surface area contributed by atoms with Crippen LogP contribution in [0.2, 0.25) is 0 Å². The van der Waals surface area contributed by atoms with Crippen LogP contribution in [0.15, 0.2) is 20.1 Å². The van der Waals surface area contributed by atoms with E-state index in [4.69, 9.17) is 0 Å². The van der Waals surface area contributed by atoms with E-state index >= 15 is 0 Å². The summed E-state index contributed by atoms with van der Waals surface area (Å²) in [5.41, 5.74) is 0. The first-order valence-electron chi connectivity index (χ1n) is 4.46. The Morgan fingerprint density at radius 2 is 2.13 bits per heavy atom. The van der Waals surface area contributed by atoms with Gasteiger partial charge in [-0.25, -0.2) is 13.1 Å². The van der Waals surface area contributed by atoms with E-state index in [2.05, 4.69) is 20.7 Å². The molecule has 0 fully saturated rings. The van der Waals surface area contributed by atoms with Crippen molar-refractivity contribution >= 4 is 37.3 Å². The maximum absolute atomic E-state index is 11.7. The molecule has 1 heterocycles. The van der Waals surface area contributed by atoms with Crippen LogP contribution in [-0.2, 0) is 10.0 Å². The first kappa shape index (κ1) is 13.1. The zero-order chi connectivity index (χ0) is 11.5. The van der Waals surface area contributed by atoms with Crippen molar-refractivity contribution in [1.82, 2.24) is 4.72 Å². The first-order chi connectivity index (χ1) is 6.92. The Bertz CT molecular complexity index is 414. The molecule has 86 valence electrons. The van der Waals surface area contributed by atoms with Gasteiger partial charge < -0.3 is 4.90 Å². The van der Waals surface area contributed by atoms with Crippen LogP contribution in [0.1, 0.15) is 0 Å². The van der Waals surface area contributed by atoms with Crippen LogP contribution in [0.4, 0.5) is 0 Å². The van der Waals surface area contributed by atoms with Crippen LogP contribution < -0.4 is 9.62 Å². The van der Waals surface area contributed by atoms with Crippen molar-refractivity contribution in [2.45, 2.75) is 4.21 Å². The molecule has 0 aromatic carbocycles. The predicted octanol–water partition coefficient (Wildman–Crippen LogP) is -0.0666. The summed E-state index contributed by atoms with van der Waals surface area (Å²) in [6, 6.07) is 3.33. The molecular formula is C8H14BrN2O2S2+. The van der Waals surface area contributed by atoms with Crippen LogP contribution in [0, 0.1) is 0 Å². The maximum atomic E-state index is 11.7. The van der Waals surface area contributed by atoms with E-state index in [-0.39, 0.29) is 0 Å². The van der Waals surface area contributed by atoms with E-state index in [9.17, 15) is 8.42 Å². The minimum atomic E-state index is -3.31. The summed E-state index contributed by atoms with van der Waals surface area (Å²) >= 11 is 4.45. The molecule has 1 aromatic rings. The molecule has 0 saturated carbocycles. The Morgan fingerprint density at radius 3 is 2.60 bits per heavy atom. The minimum Gasteiger partial charge on any atom is -0.339 e. The number of hydrogen-bond acceptors (Lipinski definition) is 3. The fraction of sp³-hybridized carbons (Fsp3) is 0.500. The van der Waals surface area contributed by atoms with Crippen LogP contribution in [0.5, 0.6) is 0 Å². The average molecular weight is 314 g/mol. The summed E-state index contributed by atoms with van der Waals surface area (Å²) in [5, 5.41) is 0. The van der Waals surface area contributed by atoms with Crippen LogP contribution in [0.25, 0.3) is 0 Å². The monoisotopic (exact) mass is 313 g/mol. The number of rotatable bonds is 5. The Labute approximate surface area is 102 Å². The molecule has 0 aliphatic carbocycles. The minimum absolute atomic E-state index is 0.350. The molecule has 4 nitrogen and oxygen atoms in total. The molecule has 0 aliphatic rings. The smallest absolute Gasteiger partial charge is 0.250 e. The van der Waals surface area contributed by atoms with E-state index in [0.29, 0.717) is 10.8 Å². The van der Waals surface area contributed by atoms with Crippen LogP contribution >= 0.6 is 27.3 Å². The van der Waals surface area contributed by atoms with Crippen molar-refractivity contribution in [3.05, 3.63) is 15.9 Å². The first-order valence-corrected chi connectivity index (χ1v) is 7.55. The summed E-state index contributed by atoms with van der Waals surface area (Å²) < 4.78 is 27.1. The van der Waals surface area contributed by atoms with Gasteiger partial charge in [-0.2, -0.15) is 0 Å². The lowest BCUT2D eigenvalue weighted by atomic mass is 10.6. The van der Waals surface area contributed by atoms with Gasteiger partial charge in [-0.05, 0) is 28.1 Å². The van der Waals surface area contributed by atoms with Gasteiger partial charge in [0.2, 0.25) is 10.0 Å². The Kier molecular flexibility index (Phi) is 4.72. The standard InChI is InChI=1S/C8H13BrN2O2S2/c1-11(2)6-5-10-15(12,13)8-4-3-7(9)14-8/h3-4,10H,5-6H2,1-2H3/p+1. The maximum Gasteiger partial charge on any atom is 0.250 e. The number of nitrogens with one attached hydrogen (secondary N) is 2. The number of likely N-dealkylation sites (N-methyl/N-ethyl adjacent to an activating group) is 1. The van der Waals surface area contributed by atoms with Crippen molar-refractivity contribution < 1.29 is 13.3 Å². The molecular weight excluding hydrogens is 300 g/mol. The lowest BCUT2D eigenvalue weighted by molar-refractivity contribution is -0.856. The van der Waals surface area contributed by atoms with E-state index in [0.717, 1.165) is 10.3 Å². The number of sulfonamides is 1. The Balaban J connectivity index is 2.60. The highest BCUT2D eigenvalue weighted by atomic mass is 79.9. The number of quaternary nitrogens is 1. The largest absolute Gasteiger partial charge is 0.339 e. The third-order valence-electron chi connectivity index (χ3n) is 1.73. The van der Waals surface area contributed by atoms with Crippen molar-refractivity contribution in [2.75, 3.05) is 27.2 Å². The quantitative estimate of drug-likeness (QED) is 0.800. The van der Waals surface area contributed by atoms with Crippen molar-refractivity contribution in [1.29, 1.82) is 0 Å². The summed E-state index contributed by atoms with van der Waals surface area (Å²) in [6.07, 6.45) is 0. The molecule has 2 N–H and O–H groups in total. The highest BCUT2D eigenvalue weighted by Gasteiger charge is 2.15. The zero-order valence-corrected chi connectivity index (χ0v) is 11.8. The lowest BCUT2D eigenvalue weighted by Crippen LogP contribution is -3.06. The summed E-state index contributed by atoms with van der Waals surface area (Å²) in [4.78, 5) is 1.21. The van der Waals surface area contributed by atoms with Gasteiger partial charge in [-0.15, -0.1) is 11.3 Å². The van der Waals surface area contributed by atoms with Gasteiger partial charge in [0, 0.05) is 0 Å². The Morgan fingerprint density at radius 1 is 1.47 bits per heavy atom. The van der Waals surface area contributed by atoms with E-state index in [1.165, 1.54) is 16.2 Å². The highest BCUT2D eigenvalue weighted by molar-refractivity contribution is 9.11. The van der Waals surface area contributed by atoms with Crippen molar-refractivity contribution in [3.8, 4) is 0 Å². The van der Waals surface area contributed by atoms with Gasteiger partial charge in [0.15, 0.2) is 0 Å². The molecule has 0 saturated heterocycles. The summed E-state index contributed by atoms with van der Waals surface area (Å²) in [6.45, 7) is 1.23. The molecule has 0 atom stereocenters. The van der Waals surface area contributed by atoms with Gasteiger partial charge in [-0.1, -0.05) is 0 Å². The normalized spacial score (nSPS) is 12.3. The van der Waals surface area contributed by atoms with Gasteiger partial charge >= 0.3 is 0 Å². The van der Waals surface area contributed by atoms with Crippen LogP contribution in [-0.4, -0.2) is 35.6 Å². The van der Waals surface area contributed by atoms with Crippen molar-refractivity contribution in [2.24, 2.45) is 0 Å². The molecule has 15 heavy (non-hydrogen) atoms. The number of halogens is 1. The molecule has 0 spiro atoms. The van der Waals surface area contributed by atoms with E-state index in [1.807, 2.05) is 14.1 Å². The third kappa shape index (κ3) is 4.20. The SMILES string of the molecule is C[NH+](C)CCNS(=O)(=O)c1ccc(Br)s1.